The lowest BCUT2D eigenvalue weighted by atomic mass is 9.91. The molecule has 0 saturated carbocycles. The molecule has 1 aliphatic heterocycles. The normalized spacial score (nSPS) is 16.3. The number of halogens is 1. The fourth-order valence-corrected chi connectivity index (χ4v) is 4.49. The highest BCUT2D eigenvalue weighted by Crippen LogP contribution is 2.28. The zero-order valence-electron chi connectivity index (χ0n) is 16.0. The van der Waals surface area contributed by atoms with E-state index in [-0.39, 0.29) is 17.9 Å². The fourth-order valence-electron chi connectivity index (χ4n) is 3.79. The van der Waals surface area contributed by atoms with E-state index in [2.05, 4.69) is 20.0 Å². The van der Waals surface area contributed by atoms with Crippen molar-refractivity contribution in [3.8, 4) is 5.69 Å². The Morgan fingerprint density at radius 3 is 2.63 bits per heavy atom. The van der Waals surface area contributed by atoms with Crippen LogP contribution in [0.5, 0.6) is 0 Å². The van der Waals surface area contributed by atoms with Gasteiger partial charge in [0.2, 0.25) is 0 Å². The van der Waals surface area contributed by atoms with Gasteiger partial charge in [0.05, 0.1) is 24.0 Å². The van der Waals surface area contributed by atoms with Crippen LogP contribution < -0.4 is 10.5 Å². The highest BCUT2D eigenvalue weighted by molar-refractivity contribution is 7.13. The van der Waals surface area contributed by atoms with E-state index in [4.69, 9.17) is 0 Å². The van der Waals surface area contributed by atoms with E-state index in [1.807, 2.05) is 5.38 Å². The van der Waals surface area contributed by atoms with E-state index >= 15 is 0 Å². The highest BCUT2D eigenvalue weighted by atomic mass is 32.1. The van der Waals surface area contributed by atoms with Crippen LogP contribution >= 0.6 is 11.3 Å². The van der Waals surface area contributed by atoms with Gasteiger partial charge in [0.1, 0.15) is 17.5 Å². The largest absolute Gasteiger partial charge is 0.388 e. The van der Waals surface area contributed by atoms with Crippen LogP contribution in [0.1, 0.15) is 12.8 Å². The second kappa shape index (κ2) is 7.29. The van der Waals surface area contributed by atoms with E-state index in [1.54, 1.807) is 29.7 Å². The number of piperidine rings is 1. The van der Waals surface area contributed by atoms with Crippen LogP contribution in [0.25, 0.3) is 16.7 Å². The minimum atomic E-state index is -0.986. The summed E-state index contributed by atoms with van der Waals surface area (Å²) in [6, 6.07) is 5.82. The van der Waals surface area contributed by atoms with Crippen molar-refractivity contribution in [3.63, 3.8) is 0 Å². The van der Waals surface area contributed by atoms with Crippen LogP contribution in [0, 0.1) is 5.82 Å². The number of anilines is 1. The molecule has 30 heavy (non-hydrogen) atoms. The summed E-state index contributed by atoms with van der Waals surface area (Å²) in [5, 5.41) is 18.5. The molecular formula is C20H19FN6O2S. The Hall–Kier alpha value is -3.11. The van der Waals surface area contributed by atoms with Crippen LogP contribution in [0.2, 0.25) is 0 Å². The molecule has 0 atom stereocenters. The molecule has 1 fully saturated rings. The van der Waals surface area contributed by atoms with Gasteiger partial charge in [0.15, 0.2) is 10.8 Å². The summed E-state index contributed by atoms with van der Waals surface area (Å²) in [5.41, 5.74) is -0.235. The van der Waals surface area contributed by atoms with E-state index in [9.17, 15) is 14.3 Å². The third-order valence-corrected chi connectivity index (χ3v) is 6.31. The number of nitrogens with zero attached hydrogens (tertiary/aromatic N) is 6. The first-order valence-electron chi connectivity index (χ1n) is 9.58. The molecule has 0 amide bonds. The van der Waals surface area contributed by atoms with Crippen molar-refractivity contribution in [2.75, 3.05) is 18.0 Å². The van der Waals surface area contributed by atoms with E-state index in [1.165, 1.54) is 33.9 Å². The van der Waals surface area contributed by atoms with Gasteiger partial charge in [-0.05, 0) is 37.1 Å². The highest BCUT2D eigenvalue weighted by Gasteiger charge is 2.34. The molecular weight excluding hydrogens is 407 g/mol. The fraction of sp³-hybridized carbons (Fsp3) is 0.300. The van der Waals surface area contributed by atoms with Gasteiger partial charge in [-0.2, -0.15) is 5.10 Å². The quantitative estimate of drug-likeness (QED) is 0.538. The molecule has 1 N–H and O–H groups in total. The van der Waals surface area contributed by atoms with Gasteiger partial charge in [-0.1, -0.05) is 0 Å². The summed E-state index contributed by atoms with van der Waals surface area (Å²) in [4.78, 5) is 23.8. The number of aromatic nitrogens is 5. The molecule has 1 aliphatic rings. The van der Waals surface area contributed by atoms with Gasteiger partial charge in [0.25, 0.3) is 5.56 Å². The minimum absolute atomic E-state index is 0.169. The molecule has 0 bridgehead atoms. The van der Waals surface area contributed by atoms with E-state index in [0.717, 1.165) is 5.13 Å². The Balaban J connectivity index is 1.38. The van der Waals surface area contributed by atoms with Crippen LogP contribution in [-0.2, 0) is 6.54 Å². The summed E-state index contributed by atoms with van der Waals surface area (Å²) in [6.45, 7) is 1.52. The average Bonchev–Trinajstić information content (AvgIpc) is 3.42. The first-order valence-corrected chi connectivity index (χ1v) is 10.5. The maximum Gasteiger partial charge on any atom is 0.264 e. The molecule has 0 unspecified atom stereocenters. The summed E-state index contributed by atoms with van der Waals surface area (Å²) >= 11 is 1.58. The lowest BCUT2D eigenvalue weighted by Crippen LogP contribution is -2.48. The molecule has 5 rings (SSSR count). The Kier molecular flexibility index (Phi) is 4.59. The molecule has 10 heteroatoms. The number of hydrogen-bond donors (Lipinski definition) is 1. The zero-order valence-corrected chi connectivity index (χ0v) is 16.8. The Morgan fingerprint density at radius 1 is 1.17 bits per heavy atom. The molecule has 4 aromatic rings. The van der Waals surface area contributed by atoms with Crippen molar-refractivity contribution >= 4 is 27.5 Å². The van der Waals surface area contributed by atoms with Gasteiger partial charge in [-0.3, -0.25) is 9.36 Å². The standard InChI is InChI=1S/C20H19FN6O2S/c21-14-1-3-15(4-2-14)27-17-16(11-24-27)18(28)26(13-23-17)12-20(29)5-8-25(9-6-20)19-22-7-10-30-19/h1-4,7,10-11,13,29H,5-6,8-9,12H2. The van der Waals surface area contributed by atoms with Crippen molar-refractivity contribution in [2.45, 2.75) is 25.0 Å². The first-order chi connectivity index (χ1) is 14.5. The maximum absolute atomic E-state index is 13.2. The summed E-state index contributed by atoms with van der Waals surface area (Å²) in [5.74, 6) is -0.348. The smallest absolute Gasteiger partial charge is 0.264 e. The monoisotopic (exact) mass is 426 g/mol. The third-order valence-electron chi connectivity index (χ3n) is 5.47. The maximum atomic E-state index is 13.2. The minimum Gasteiger partial charge on any atom is -0.388 e. The number of hydrogen-bond acceptors (Lipinski definition) is 7. The Morgan fingerprint density at radius 2 is 1.93 bits per heavy atom. The van der Waals surface area contributed by atoms with Crippen molar-refractivity contribution in [3.05, 3.63) is 64.5 Å². The van der Waals surface area contributed by atoms with Gasteiger partial charge in [0, 0.05) is 24.7 Å². The Bertz CT molecular complexity index is 1230. The molecule has 3 aromatic heterocycles. The molecule has 1 saturated heterocycles. The topological polar surface area (TPSA) is 89.1 Å². The summed E-state index contributed by atoms with van der Waals surface area (Å²) in [6.07, 6.45) is 5.74. The SMILES string of the molecule is O=c1c2cnn(-c3ccc(F)cc3)c2ncn1CC1(O)CCN(c2nccs2)CC1. The van der Waals surface area contributed by atoms with Crippen molar-refractivity contribution in [1.29, 1.82) is 0 Å². The van der Waals surface area contributed by atoms with E-state index in [0.29, 0.717) is 42.7 Å². The molecule has 0 radical (unpaired) electrons. The lowest BCUT2D eigenvalue weighted by molar-refractivity contribution is -0.00101. The third kappa shape index (κ3) is 3.37. The van der Waals surface area contributed by atoms with Gasteiger partial charge >= 0.3 is 0 Å². The van der Waals surface area contributed by atoms with Crippen LogP contribution in [0.3, 0.4) is 0 Å². The van der Waals surface area contributed by atoms with Gasteiger partial charge in [-0.15, -0.1) is 11.3 Å². The molecule has 0 aliphatic carbocycles. The van der Waals surface area contributed by atoms with Crippen molar-refractivity contribution in [2.24, 2.45) is 0 Å². The van der Waals surface area contributed by atoms with Crippen molar-refractivity contribution in [1.82, 2.24) is 24.3 Å². The van der Waals surface area contributed by atoms with Gasteiger partial charge in [-0.25, -0.2) is 19.0 Å². The number of benzene rings is 1. The molecule has 1 aromatic carbocycles. The van der Waals surface area contributed by atoms with Gasteiger partial charge < -0.3 is 10.0 Å². The van der Waals surface area contributed by atoms with Crippen LogP contribution in [0.4, 0.5) is 9.52 Å². The first kappa shape index (κ1) is 18.9. The Labute approximate surface area is 174 Å². The predicted octanol–water partition coefficient (Wildman–Crippen LogP) is 2.21. The number of aliphatic hydroxyl groups is 1. The molecule has 4 heterocycles. The molecule has 8 nitrogen and oxygen atoms in total. The van der Waals surface area contributed by atoms with Crippen molar-refractivity contribution < 1.29 is 9.50 Å². The average molecular weight is 426 g/mol. The molecule has 0 spiro atoms. The number of rotatable bonds is 4. The second-order valence-corrected chi connectivity index (χ2v) is 8.35. The number of fused-ring (bicyclic) bond motifs is 1. The molecule has 154 valence electrons. The lowest BCUT2D eigenvalue weighted by Gasteiger charge is -2.38. The van der Waals surface area contributed by atoms with Crippen LogP contribution in [0.15, 0.2) is 53.2 Å². The van der Waals surface area contributed by atoms with E-state index < -0.39 is 5.60 Å². The van der Waals surface area contributed by atoms with Crippen LogP contribution in [-0.4, -0.2) is 48.1 Å². The predicted molar refractivity (Wildman–Crippen MR) is 112 cm³/mol. The second-order valence-electron chi connectivity index (χ2n) is 7.47. The zero-order chi connectivity index (χ0) is 20.7. The summed E-state index contributed by atoms with van der Waals surface area (Å²) < 4.78 is 16.1. The number of thiazole rings is 1. The summed E-state index contributed by atoms with van der Waals surface area (Å²) in [7, 11) is 0.